The van der Waals surface area contributed by atoms with Crippen molar-refractivity contribution in [2.75, 3.05) is 11.9 Å². The molecule has 0 radical (unpaired) electrons. The van der Waals surface area contributed by atoms with Crippen LogP contribution in [-0.4, -0.2) is 16.5 Å². The Morgan fingerprint density at radius 1 is 1.33 bits per heavy atom. The monoisotopic (exact) mass is 267 g/mol. The molecule has 1 aliphatic rings. The first-order chi connectivity index (χ1) is 8.64. The molecule has 0 spiro atoms. The summed E-state index contributed by atoms with van der Waals surface area (Å²) in [7, 11) is 0. The molecule has 1 heterocycles. The molecule has 2 rings (SSSR count). The van der Waals surface area contributed by atoms with Gasteiger partial charge in [0, 0.05) is 12.1 Å². The van der Waals surface area contributed by atoms with Gasteiger partial charge in [-0.1, -0.05) is 44.7 Å². The minimum absolute atomic E-state index is 0.418. The smallest absolute Gasteiger partial charge is 0.137 e. The minimum atomic E-state index is 0.418. The summed E-state index contributed by atoms with van der Waals surface area (Å²) in [5.74, 6) is 0.921. The molecule has 0 aliphatic heterocycles. The molecule has 0 atom stereocenters. The van der Waals surface area contributed by atoms with Crippen LogP contribution in [0.2, 0.25) is 5.15 Å². The van der Waals surface area contributed by atoms with Gasteiger partial charge in [-0.2, -0.15) is 0 Å². The third-order valence-corrected chi connectivity index (χ3v) is 4.21. The van der Waals surface area contributed by atoms with E-state index in [1.54, 1.807) is 6.33 Å². The highest BCUT2D eigenvalue weighted by Crippen LogP contribution is 2.37. The molecule has 0 saturated heterocycles. The lowest BCUT2D eigenvalue weighted by atomic mass is 9.89. The Morgan fingerprint density at radius 2 is 2.06 bits per heavy atom. The van der Waals surface area contributed by atoms with Crippen molar-refractivity contribution in [3.8, 4) is 0 Å². The zero-order valence-electron chi connectivity index (χ0n) is 11.3. The van der Waals surface area contributed by atoms with Gasteiger partial charge in [0.25, 0.3) is 0 Å². The Morgan fingerprint density at radius 3 is 2.72 bits per heavy atom. The van der Waals surface area contributed by atoms with E-state index in [0.29, 0.717) is 10.6 Å². The second-order valence-electron chi connectivity index (χ2n) is 5.61. The predicted molar refractivity (Wildman–Crippen MR) is 76.1 cm³/mol. The first-order valence-corrected chi connectivity index (χ1v) is 7.26. The molecule has 4 heteroatoms. The molecule has 1 aromatic heterocycles. The van der Waals surface area contributed by atoms with Crippen LogP contribution in [0.4, 0.5) is 5.82 Å². The zero-order valence-corrected chi connectivity index (χ0v) is 12.1. The largest absolute Gasteiger partial charge is 0.369 e. The fourth-order valence-corrected chi connectivity index (χ4v) is 2.94. The normalized spacial score (nSPS) is 17.9. The van der Waals surface area contributed by atoms with E-state index < -0.39 is 0 Å². The van der Waals surface area contributed by atoms with Gasteiger partial charge in [0.2, 0.25) is 0 Å². The zero-order chi connectivity index (χ0) is 13.0. The summed E-state index contributed by atoms with van der Waals surface area (Å²) in [6.07, 6.45) is 8.84. The Balaban J connectivity index is 2.06. The standard InChI is InChI=1S/C14H22ClN3/c1-3-6-11-12(15)17-10-18-13(11)16-9-14(2)7-4-5-8-14/h10H,3-9H2,1-2H3,(H,16,17,18). The van der Waals surface area contributed by atoms with Crippen molar-refractivity contribution in [3.05, 3.63) is 17.0 Å². The van der Waals surface area contributed by atoms with E-state index in [0.717, 1.165) is 30.8 Å². The second-order valence-corrected chi connectivity index (χ2v) is 5.97. The molecule has 1 fully saturated rings. The second kappa shape index (κ2) is 5.87. The number of anilines is 1. The van der Waals surface area contributed by atoms with E-state index in [1.165, 1.54) is 25.7 Å². The van der Waals surface area contributed by atoms with Gasteiger partial charge in [0.15, 0.2) is 0 Å². The maximum atomic E-state index is 6.15. The van der Waals surface area contributed by atoms with E-state index in [-0.39, 0.29) is 0 Å². The van der Waals surface area contributed by atoms with E-state index in [9.17, 15) is 0 Å². The van der Waals surface area contributed by atoms with Crippen molar-refractivity contribution in [1.82, 2.24) is 9.97 Å². The minimum Gasteiger partial charge on any atom is -0.369 e. The first-order valence-electron chi connectivity index (χ1n) is 6.88. The van der Waals surface area contributed by atoms with Gasteiger partial charge in [-0.15, -0.1) is 0 Å². The summed E-state index contributed by atoms with van der Waals surface area (Å²) >= 11 is 6.15. The van der Waals surface area contributed by atoms with Gasteiger partial charge in [-0.05, 0) is 24.7 Å². The highest BCUT2D eigenvalue weighted by molar-refractivity contribution is 6.30. The van der Waals surface area contributed by atoms with Crippen LogP contribution < -0.4 is 5.32 Å². The van der Waals surface area contributed by atoms with Crippen LogP contribution in [0, 0.1) is 5.41 Å². The third kappa shape index (κ3) is 3.14. The average Bonchev–Trinajstić information content (AvgIpc) is 2.78. The molecule has 18 heavy (non-hydrogen) atoms. The van der Waals surface area contributed by atoms with E-state index in [4.69, 9.17) is 11.6 Å². The van der Waals surface area contributed by atoms with Crippen LogP contribution in [0.15, 0.2) is 6.33 Å². The highest BCUT2D eigenvalue weighted by Gasteiger charge is 2.28. The van der Waals surface area contributed by atoms with Crippen molar-refractivity contribution in [3.63, 3.8) is 0 Å². The molecule has 1 aromatic rings. The molecule has 3 nitrogen and oxygen atoms in total. The van der Waals surface area contributed by atoms with Crippen molar-refractivity contribution in [2.45, 2.75) is 52.4 Å². The van der Waals surface area contributed by atoms with Gasteiger partial charge >= 0.3 is 0 Å². The van der Waals surface area contributed by atoms with Crippen LogP contribution in [0.25, 0.3) is 0 Å². The van der Waals surface area contributed by atoms with Gasteiger partial charge in [-0.3, -0.25) is 0 Å². The summed E-state index contributed by atoms with van der Waals surface area (Å²) in [4.78, 5) is 8.41. The average molecular weight is 268 g/mol. The van der Waals surface area contributed by atoms with Gasteiger partial charge < -0.3 is 5.32 Å². The number of nitrogens with zero attached hydrogens (tertiary/aromatic N) is 2. The maximum absolute atomic E-state index is 6.15. The van der Waals surface area contributed by atoms with Gasteiger partial charge in [0.05, 0.1) is 0 Å². The molecule has 0 unspecified atom stereocenters. The summed E-state index contributed by atoms with van der Waals surface area (Å²) in [6.45, 7) is 5.48. The number of nitrogens with one attached hydrogen (secondary N) is 1. The fraction of sp³-hybridized carbons (Fsp3) is 0.714. The summed E-state index contributed by atoms with van der Waals surface area (Å²) in [5.41, 5.74) is 1.48. The molecular formula is C14H22ClN3. The topological polar surface area (TPSA) is 37.8 Å². The van der Waals surface area contributed by atoms with Crippen LogP contribution in [0.5, 0.6) is 0 Å². The van der Waals surface area contributed by atoms with Crippen LogP contribution >= 0.6 is 11.6 Å². The summed E-state index contributed by atoms with van der Waals surface area (Å²) < 4.78 is 0. The molecular weight excluding hydrogens is 246 g/mol. The van der Waals surface area contributed by atoms with Crippen LogP contribution in [0.1, 0.15) is 51.5 Å². The Bertz CT molecular complexity index is 400. The van der Waals surface area contributed by atoms with Crippen molar-refractivity contribution in [2.24, 2.45) is 5.41 Å². The molecule has 0 bridgehead atoms. The number of aromatic nitrogens is 2. The third-order valence-electron chi connectivity index (χ3n) is 3.89. The van der Waals surface area contributed by atoms with Gasteiger partial charge in [-0.25, -0.2) is 9.97 Å². The van der Waals surface area contributed by atoms with E-state index in [2.05, 4.69) is 29.1 Å². The van der Waals surface area contributed by atoms with Crippen molar-refractivity contribution in [1.29, 1.82) is 0 Å². The number of hydrogen-bond donors (Lipinski definition) is 1. The van der Waals surface area contributed by atoms with E-state index in [1.807, 2.05) is 0 Å². The summed E-state index contributed by atoms with van der Waals surface area (Å²) in [6, 6.07) is 0. The summed E-state index contributed by atoms with van der Waals surface area (Å²) in [5, 5.41) is 4.07. The molecule has 0 aromatic carbocycles. The quantitative estimate of drug-likeness (QED) is 0.817. The molecule has 1 aliphatic carbocycles. The Labute approximate surface area is 114 Å². The van der Waals surface area contributed by atoms with Crippen molar-refractivity contribution >= 4 is 17.4 Å². The lowest BCUT2D eigenvalue weighted by molar-refractivity contribution is 0.361. The highest BCUT2D eigenvalue weighted by atomic mass is 35.5. The Kier molecular flexibility index (Phi) is 4.44. The lowest BCUT2D eigenvalue weighted by Gasteiger charge is -2.24. The molecule has 1 N–H and O–H groups in total. The van der Waals surface area contributed by atoms with Crippen LogP contribution in [-0.2, 0) is 6.42 Å². The SMILES string of the molecule is CCCc1c(Cl)ncnc1NCC1(C)CCCC1. The fourth-order valence-electron chi connectivity index (χ4n) is 2.72. The maximum Gasteiger partial charge on any atom is 0.137 e. The van der Waals surface area contributed by atoms with Crippen molar-refractivity contribution < 1.29 is 0 Å². The molecule has 1 saturated carbocycles. The number of rotatable bonds is 5. The Hall–Kier alpha value is -0.830. The van der Waals surface area contributed by atoms with E-state index >= 15 is 0 Å². The number of halogens is 1. The predicted octanol–water partition coefficient (Wildman–Crippen LogP) is 4.07. The number of hydrogen-bond acceptors (Lipinski definition) is 3. The van der Waals surface area contributed by atoms with Gasteiger partial charge in [0.1, 0.15) is 17.3 Å². The molecule has 100 valence electrons. The van der Waals surface area contributed by atoms with Crippen LogP contribution in [0.3, 0.4) is 0 Å². The molecule has 0 amide bonds. The first kappa shape index (κ1) is 13.6. The lowest BCUT2D eigenvalue weighted by Crippen LogP contribution is -2.24.